The van der Waals surface area contributed by atoms with E-state index in [2.05, 4.69) is 35.2 Å². The Morgan fingerprint density at radius 2 is 1.97 bits per heavy atom. The highest BCUT2D eigenvalue weighted by Crippen LogP contribution is 2.42. The molecule has 0 spiro atoms. The summed E-state index contributed by atoms with van der Waals surface area (Å²) in [5, 5.41) is 0. The monoisotopic (exact) mass is 394 g/mol. The van der Waals surface area contributed by atoms with Crippen LogP contribution in [0.2, 0.25) is 0 Å². The number of carbonyl (C=O) groups is 1. The van der Waals surface area contributed by atoms with Gasteiger partial charge in [0, 0.05) is 26.7 Å². The van der Waals surface area contributed by atoms with Gasteiger partial charge >= 0.3 is 0 Å². The van der Waals surface area contributed by atoms with Crippen LogP contribution in [0.25, 0.3) is 0 Å². The van der Waals surface area contributed by atoms with E-state index < -0.39 is 5.54 Å². The van der Waals surface area contributed by atoms with Crippen LogP contribution in [0.3, 0.4) is 0 Å². The summed E-state index contributed by atoms with van der Waals surface area (Å²) in [6.07, 6.45) is 0.971. The summed E-state index contributed by atoms with van der Waals surface area (Å²) >= 11 is 0. The van der Waals surface area contributed by atoms with E-state index in [1.165, 1.54) is 5.56 Å². The SMILES string of the molecule is CC(C)Oc1cccc(CN2CC[C@]3(c4ccccc4)[C@@H](C2)OCC(=O)N3C)c1. The van der Waals surface area contributed by atoms with Crippen molar-refractivity contribution in [2.75, 3.05) is 26.7 Å². The number of fused-ring (bicyclic) bond motifs is 1. The van der Waals surface area contributed by atoms with E-state index in [4.69, 9.17) is 9.47 Å². The van der Waals surface area contributed by atoms with Crippen LogP contribution in [0.5, 0.6) is 5.75 Å². The molecule has 2 aromatic carbocycles. The molecule has 2 fully saturated rings. The zero-order valence-electron chi connectivity index (χ0n) is 17.5. The molecule has 0 unspecified atom stereocenters. The quantitative estimate of drug-likeness (QED) is 0.779. The van der Waals surface area contributed by atoms with Crippen molar-refractivity contribution in [3.63, 3.8) is 0 Å². The first kappa shape index (κ1) is 19.9. The molecular weight excluding hydrogens is 364 g/mol. The van der Waals surface area contributed by atoms with E-state index in [-0.39, 0.29) is 24.7 Å². The summed E-state index contributed by atoms with van der Waals surface area (Å²) < 4.78 is 12.0. The second kappa shape index (κ2) is 8.17. The molecule has 2 heterocycles. The normalized spacial score (nSPS) is 25.2. The number of piperidine rings is 1. The van der Waals surface area contributed by atoms with E-state index in [0.717, 1.165) is 37.4 Å². The topological polar surface area (TPSA) is 42.0 Å². The number of nitrogens with zero attached hydrogens (tertiary/aromatic N) is 2. The van der Waals surface area contributed by atoms with Gasteiger partial charge in [-0.15, -0.1) is 0 Å². The summed E-state index contributed by atoms with van der Waals surface area (Å²) in [6, 6.07) is 18.7. The Labute approximate surface area is 173 Å². The molecule has 1 amide bonds. The molecule has 0 bridgehead atoms. The van der Waals surface area contributed by atoms with Gasteiger partial charge in [0.15, 0.2) is 0 Å². The third kappa shape index (κ3) is 3.89. The van der Waals surface area contributed by atoms with Crippen LogP contribution in [0, 0.1) is 0 Å². The molecule has 2 saturated heterocycles. The number of amides is 1. The maximum absolute atomic E-state index is 12.5. The van der Waals surface area contributed by atoms with Gasteiger partial charge in [-0.2, -0.15) is 0 Å². The van der Waals surface area contributed by atoms with Crippen LogP contribution in [-0.4, -0.2) is 54.7 Å². The molecule has 5 heteroatoms. The van der Waals surface area contributed by atoms with E-state index in [1.54, 1.807) is 0 Å². The molecule has 2 aromatic rings. The van der Waals surface area contributed by atoms with Gasteiger partial charge in [0.05, 0.1) is 17.7 Å². The second-order valence-electron chi connectivity index (χ2n) is 8.34. The molecule has 5 nitrogen and oxygen atoms in total. The molecule has 2 aliphatic rings. The Morgan fingerprint density at radius 1 is 1.17 bits per heavy atom. The zero-order chi connectivity index (χ0) is 20.4. The Balaban J connectivity index is 1.54. The van der Waals surface area contributed by atoms with Gasteiger partial charge in [-0.1, -0.05) is 42.5 Å². The first-order valence-electron chi connectivity index (χ1n) is 10.4. The molecule has 0 saturated carbocycles. The van der Waals surface area contributed by atoms with Gasteiger partial charge in [0.25, 0.3) is 0 Å². The van der Waals surface area contributed by atoms with Gasteiger partial charge in [-0.05, 0) is 43.5 Å². The van der Waals surface area contributed by atoms with Crippen LogP contribution in [0.15, 0.2) is 54.6 Å². The zero-order valence-corrected chi connectivity index (χ0v) is 17.5. The van der Waals surface area contributed by atoms with Crippen LogP contribution in [0.4, 0.5) is 0 Å². The van der Waals surface area contributed by atoms with E-state index >= 15 is 0 Å². The van der Waals surface area contributed by atoms with Crippen molar-refractivity contribution in [2.45, 2.75) is 44.6 Å². The number of likely N-dealkylation sites (N-methyl/N-ethyl adjacent to an activating group) is 1. The number of hydrogen-bond acceptors (Lipinski definition) is 4. The van der Waals surface area contributed by atoms with Crippen molar-refractivity contribution in [3.05, 3.63) is 65.7 Å². The number of benzene rings is 2. The van der Waals surface area contributed by atoms with Crippen LogP contribution in [0.1, 0.15) is 31.4 Å². The Kier molecular flexibility index (Phi) is 5.61. The number of rotatable bonds is 5. The molecular formula is C24H30N2O3. The molecule has 4 rings (SSSR count). The minimum Gasteiger partial charge on any atom is -0.491 e. The maximum Gasteiger partial charge on any atom is 0.249 e. The van der Waals surface area contributed by atoms with Crippen molar-refractivity contribution in [2.24, 2.45) is 0 Å². The molecule has 0 aliphatic carbocycles. The van der Waals surface area contributed by atoms with E-state index in [1.807, 2.05) is 50.1 Å². The first-order valence-corrected chi connectivity index (χ1v) is 10.4. The maximum atomic E-state index is 12.5. The summed E-state index contributed by atoms with van der Waals surface area (Å²) in [4.78, 5) is 16.8. The van der Waals surface area contributed by atoms with Crippen molar-refractivity contribution in [1.29, 1.82) is 0 Å². The fraction of sp³-hybridized carbons (Fsp3) is 0.458. The Hall–Kier alpha value is -2.37. The van der Waals surface area contributed by atoms with Crippen molar-refractivity contribution in [3.8, 4) is 5.75 Å². The van der Waals surface area contributed by atoms with Crippen LogP contribution < -0.4 is 4.74 Å². The minimum atomic E-state index is -0.393. The van der Waals surface area contributed by atoms with Gasteiger partial charge in [-0.3, -0.25) is 9.69 Å². The molecule has 0 N–H and O–H groups in total. The van der Waals surface area contributed by atoms with Crippen LogP contribution >= 0.6 is 0 Å². The molecule has 2 aliphatic heterocycles. The Bertz CT molecular complexity index is 854. The second-order valence-corrected chi connectivity index (χ2v) is 8.34. The highest BCUT2D eigenvalue weighted by Gasteiger charge is 2.52. The van der Waals surface area contributed by atoms with E-state index in [0.29, 0.717) is 0 Å². The average Bonchev–Trinajstić information content (AvgIpc) is 2.71. The largest absolute Gasteiger partial charge is 0.491 e. The molecule has 29 heavy (non-hydrogen) atoms. The van der Waals surface area contributed by atoms with E-state index in [9.17, 15) is 4.79 Å². The lowest BCUT2D eigenvalue weighted by Gasteiger charge is -2.55. The lowest BCUT2D eigenvalue weighted by atomic mass is 9.76. The highest BCUT2D eigenvalue weighted by atomic mass is 16.5. The third-order valence-electron chi connectivity index (χ3n) is 6.10. The molecule has 2 atom stereocenters. The number of ether oxygens (including phenoxy) is 2. The van der Waals surface area contributed by atoms with Crippen LogP contribution in [-0.2, 0) is 21.6 Å². The Morgan fingerprint density at radius 3 is 2.72 bits per heavy atom. The third-order valence-corrected chi connectivity index (χ3v) is 6.10. The number of likely N-dealkylation sites (tertiary alicyclic amines) is 1. The van der Waals surface area contributed by atoms with Crippen molar-refractivity contribution < 1.29 is 14.3 Å². The lowest BCUT2D eigenvalue weighted by Crippen LogP contribution is -2.66. The average molecular weight is 395 g/mol. The predicted octanol–water partition coefficient (Wildman–Crippen LogP) is 3.43. The van der Waals surface area contributed by atoms with Gasteiger partial charge in [0.2, 0.25) is 5.91 Å². The summed E-state index contributed by atoms with van der Waals surface area (Å²) in [5.74, 6) is 0.962. The summed E-state index contributed by atoms with van der Waals surface area (Å²) in [5.41, 5.74) is 2.00. The van der Waals surface area contributed by atoms with Gasteiger partial charge < -0.3 is 14.4 Å². The lowest BCUT2D eigenvalue weighted by molar-refractivity contribution is -0.183. The standard InChI is InChI=1S/C24H30N2O3/c1-18(2)29-21-11-7-8-19(14-21)15-26-13-12-24(20-9-5-4-6-10-20)22(16-26)28-17-23(27)25(24)3/h4-11,14,18,22H,12-13,15-17H2,1-3H3/t22-,24+/m1/s1. The first-order chi connectivity index (χ1) is 14.0. The van der Waals surface area contributed by atoms with Gasteiger partial charge in [-0.25, -0.2) is 0 Å². The number of morpholine rings is 1. The van der Waals surface area contributed by atoms with Crippen molar-refractivity contribution in [1.82, 2.24) is 9.80 Å². The molecule has 0 aromatic heterocycles. The number of hydrogen-bond donors (Lipinski definition) is 0. The smallest absolute Gasteiger partial charge is 0.249 e. The summed E-state index contributed by atoms with van der Waals surface area (Å²) in [7, 11) is 1.92. The minimum absolute atomic E-state index is 0.0450. The highest BCUT2D eigenvalue weighted by molar-refractivity contribution is 5.79. The van der Waals surface area contributed by atoms with Gasteiger partial charge in [0.1, 0.15) is 12.4 Å². The summed E-state index contributed by atoms with van der Waals surface area (Å²) in [6.45, 7) is 6.78. The predicted molar refractivity (Wildman–Crippen MR) is 113 cm³/mol. The number of carbonyl (C=O) groups excluding carboxylic acids is 1. The molecule has 154 valence electrons. The van der Waals surface area contributed by atoms with Crippen molar-refractivity contribution >= 4 is 5.91 Å². The molecule has 0 radical (unpaired) electrons. The fourth-order valence-corrected chi connectivity index (χ4v) is 4.67. The fourth-order valence-electron chi connectivity index (χ4n) is 4.67.